The molecule has 4 rings (SSSR count). The summed E-state index contributed by atoms with van der Waals surface area (Å²) in [5, 5.41) is 0. The van der Waals surface area contributed by atoms with Crippen LogP contribution in [0.3, 0.4) is 0 Å². The summed E-state index contributed by atoms with van der Waals surface area (Å²) in [6, 6.07) is 5.57. The largest absolute Gasteiger partial charge is 1.00 e. The summed E-state index contributed by atoms with van der Waals surface area (Å²) in [7, 11) is 0. The van der Waals surface area contributed by atoms with Gasteiger partial charge in [0.1, 0.15) is 5.82 Å². The van der Waals surface area contributed by atoms with E-state index < -0.39 is 0 Å². The minimum Gasteiger partial charge on any atom is -1.00 e. The van der Waals surface area contributed by atoms with Crippen molar-refractivity contribution in [1.29, 1.82) is 0 Å². The predicted molar refractivity (Wildman–Crippen MR) is 93.5 cm³/mol. The summed E-state index contributed by atoms with van der Waals surface area (Å²) >= 11 is 0. The first-order chi connectivity index (χ1) is 11.3. The van der Waals surface area contributed by atoms with Crippen LogP contribution in [0.25, 0.3) is 0 Å². The maximum Gasteiger partial charge on any atom is 1.00 e. The van der Waals surface area contributed by atoms with Crippen molar-refractivity contribution >= 4 is 5.82 Å². The molecule has 0 saturated carbocycles. The minimum absolute atomic E-state index is 0. The SMILES string of the molecule is C1CCOC1.C1CCOC1.C1CCOC1.Cc1cccc(N)n1.[Cl-].[Cl-].[Li+].[Li+]. The second-order valence-electron chi connectivity index (χ2n) is 5.66. The van der Waals surface area contributed by atoms with E-state index in [2.05, 4.69) is 4.98 Å². The van der Waals surface area contributed by atoms with E-state index in [9.17, 15) is 0 Å². The molecular weight excluding hydrogens is 377 g/mol. The number of pyridine rings is 1. The molecule has 148 valence electrons. The third kappa shape index (κ3) is 24.6. The smallest absolute Gasteiger partial charge is 1.00 e. The zero-order valence-electron chi connectivity index (χ0n) is 17.2. The van der Waals surface area contributed by atoms with Crippen molar-refractivity contribution in [3.05, 3.63) is 23.9 Å². The number of nitrogens with zero attached hydrogens (tertiary/aromatic N) is 1. The molecule has 1 aromatic rings. The van der Waals surface area contributed by atoms with Crippen molar-refractivity contribution in [3.8, 4) is 0 Å². The molecule has 3 fully saturated rings. The molecule has 0 amide bonds. The van der Waals surface area contributed by atoms with Crippen LogP contribution in [0.5, 0.6) is 0 Å². The fourth-order valence-electron chi connectivity index (χ4n) is 2.10. The number of aryl methyl sites for hydroxylation is 1. The average molecular weight is 409 g/mol. The molecule has 3 aliphatic rings. The van der Waals surface area contributed by atoms with Crippen LogP contribution in [0.15, 0.2) is 18.2 Å². The van der Waals surface area contributed by atoms with E-state index in [1.807, 2.05) is 19.1 Å². The van der Waals surface area contributed by atoms with E-state index in [-0.39, 0.29) is 62.5 Å². The van der Waals surface area contributed by atoms with E-state index in [4.69, 9.17) is 19.9 Å². The summed E-state index contributed by atoms with van der Waals surface area (Å²) < 4.78 is 14.8. The summed E-state index contributed by atoms with van der Waals surface area (Å²) in [4.78, 5) is 3.95. The third-order valence-electron chi connectivity index (χ3n) is 3.39. The molecule has 9 heteroatoms. The maximum atomic E-state index is 5.35. The number of hydrogen-bond donors (Lipinski definition) is 1. The Morgan fingerprint density at radius 3 is 1.19 bits per heavy atom. The van der Waals surface area contributed by atoms with Gasteiger partial charge in [-0.2, -0.15) is 0 Å². The first-order valence-electron chi connectivity index (χ1n) is 8.71. The summed E-state index contributed by atoms with van der Waals surface area (Å²) in [6.45, 7) is 7.91. The fourth-order valence-corrected chi connectivity index (χ4v) is 2.10. The van der Waals surface area contributed by atoms with Gasteiger partial charge < -0.3 is 44.8 Å². The number of halogens is 2. The van der Waals surface area contributed by atoms with Crippen LogP contribution < -0.4 is 68.3 Å². The van der Waals surface area contributed by atoms with Crippen molar-refractivity contribution in [3.63, 3.8) is 0 Å². The molecule has 4 heterocycles. The third-order valence-corrected chi connectivity index (χ3v) is 3.39. The monoisotopic (exact) mass is 408 g/mol. The zero-order valence-corrected chi connectivity index (χ0v) is 18.7. The normalized spacial score (nSPS) is 16.0. The Kier molecular flexibility index (Phi) is 34.6. The van der Waals surface area contributed by atoms with Gasteiger partial charge in [-0.3, -0.25) is 0 Å². The van der Waals surface area contributed by atoms with Crippen LogP contribution in [0.2, 0.25) is 0 Å². The summed E-state index contributed by atoms with van der Waals surface area (Å²) in [5.41, 5.74) is 6.31. The Morgan fingerprint density at radius 2 is 1.04 bits per heavy atom. The Balaban J connectivity index is -0.000000127. The van der Waals surface area contributed by atoms with Crippen molar-refractivity contribution in [1.82, 2.24) is 4.98 Å². The molecule has 2 N–H and O–H groups in total. The minimum atomic E-state index is 0. The Labute approximate surface area is 201 Å². The Bertz CT molecular complexity index is 333. The molecular formula is C18H32Cl2Li2N2O3. The van der Waals surface area contributed by atoms with Gasteiger partial charge in [-0.15, -0.1) is 0 Å². The summed E-state index contributed by atoms with van der Waals surface area (Å²) in [5.74, 6) is 0.588. The Hall–Kier alpha value is 0.605. The van der Waals surface area contributed by atoms with Crippen LogP contribution in [0.4, 0.5) is 5.82 Å². The van der Waals surface area contributed by atoms with Crippen molar-refractivity contribution in [2.24, 2.45) is 0 Å². The molecule has 0 spiro atoms. The van der Waals surface area contributed by atoms with Crippen LogP contribution in [0, 0.1) is 6.92 Å². The van der Waals surface area contributed by atoms with Crippen LogP contribution in [-0.4, -0.2) is 44.6 Å². The predicted octanol–water partition coefficient (Wildman–Crippen LogP) is -8.62. The molecule has 0 aliphatic carbocycles. The van der Waals surface area contributed by atoms with E-state index >= 15 is 0 Å². The number of aromatic nitrogens is 1. The second kappa shape index (κ2) is 26.6. The molecule has 1 aromatic heterocycles. The van der Waals surface area contributed by atoms with Crippen molar-refractivity contribution in [2.75, 3.05) is 45.4 Å². The van der Waals surface area contributed by atoms with Gasteiger partial charge in [0, 0.05) is 45.3 Å². The maximum absolute atomic E-state index is 5.35. The fraction of sp³-hybridized carbons (Fsp3) is 0.722. The molecule has 0 bridgehead atoms. The van der Waals surface area contributed by atoms with Gasteiger partial charge in [-0.25, -0.2) is 4.98 Å². The van der Waals surface area contributed by atoms with Crippen molar-refractivity contribution < 1.29 is 76.7 Å². The standard InChI is InChI=1S/C6H8N2.3C4H8O.2ClH.2Li/c1-5-3-2-4-6(7)8-5;3*1-2-4-5-3-1;;;;/h2-4H,1H3,(H2,7,8);3*1-4H2;2*1H;;/q;;;;;;2*+1/p-2. The van der Waals surface area contributed by atoms with Crippen LogP contribution in [-0.2, 0) is 14.2 Å². The second-order valence-corrected chi connectivity index (χ2v) is 5.66. The molecule has 0 radical (unpaired) electrons. The van der Waals surface area contributed by atoms with Gasteiger partial charge in [-0.1, -0.05) is 6.07 Å². The molecule has 5 nitrogen and oxygen atoms in total. The van der Waals surface area contributed by atoms with Crippen molar-refractivity contribution in [2.45, 2.75) is 45.4 Å². The number of rotatable bonds is 0. The molecule has 3 aliphatic heterocycles. The molecule has 0 atom stereocenters. The number of anilines is 1. The molecule has 0 unspecified atom stereocenters. The summed E-state index contributed by atoms with van der Waals surface area (Å²) in [6.07, 6.45) is 7.67. The average Bonchev–Trinajstić information content (AvgIpc) is 3.35. The Morgan fingerprint density at radius 1 is 0.704 bits per heavy atom. The zero-order chi connectivity index (χ0) is 16.6. The van der Waals surface area contributed by atoms with Gasteiger partial charge >= 0.3 is 37.7 Å². The number of nitrogens with two attached hydrogens (primary N) is 1. The first-order valence-corrected chi connectivity index (χ1v) is 8.71. The molecule has 3 saturated heterocycles. The van der Waals surface area contributed by atoms with E-state index in [0.717, 1.165) is 45.3 Å². The topological polar surface area (TPSA) is 66.6 Å². The van der Waals surface area contributed by atoms with Crippen LogP contribution >= 0.6 is 0 Å². The number of hydrogen-bond acceptors (Lipinski definition) is 5. The molecule has 0 aromatic carbocycles. The van der Waals surface area contributed by atoms with Gasteiger partial charge in [0.15, 0.2) is 0 Å². The van der Waals surface area contributed by atoms with E-state index in [1.165, 1.54) is 38.5 Å². The number of ether oxygens (including phenoxy) is 3. The van der Waals surface area contributed by atoms with E-state index in [1.54, 1.807) is 6.07 Å². The van der Waals surface area contributed by atoms with Crippen LogP contribution in [0.1, 0.15) is 44.2 Å². The van der Waals surface area contributed by atoms with Gasteiger partial charge in [0.25, 0.3) is 0 Å². The van der Waals surface area contributed by atoms with E-state index in [0.29, 0.717) is 5.82 Å². The van der Waals surface area contributed by atoms with Gasteiger partial charge in [0.05, 0.1) is 0 Å². The molecule has 27 heavy (non-hydrogen) atoms. The first kappa shape index (κ1) is 35.1. The quantitative estimate of drug-likeness (QED) is 0.432. The number of nitrogen functional groups attached to an aromatic ring is 1. The van der Waals surface area contributed by atoms with Gasteiger partial charge in [-0.05, 0) is 57.6 Å². The van der Waals surface area contributed by atoms with Gasteiger partial charge in [0.2, 0.25) is 0 Å².